The predicted octanol–water partition coefficient (Wildman–Crippen LogP) is 2.91. The molecule has 0 atom stereocenters. The van der Waals surface area contributed by atoms with E-state index in [0.29, 0.717) is 0 Å². The van der Waals surface area contributed by atoms with Crippen LogP contribution >= 0.6 is 15.9 Å². The van der Waals surface area contributed by atoms with E-state index in [-0.39, 0.29) is 0 Å². The minimum absolute atomic E-state index is 0.892. The monoisotopic (exact) mass is 234 g/mol. The van der Waals surface area contributed by atoms with Crippen molar-refractivity contribution in [2.75, 3.05) is 0 Å². The lowest BCUT2D eigenvalue weighted by atomic mass is 10.1. The van der Waals surface area contributed by atoms with Gasteiger partial charge < -0.3 is 0 Å². The zero-order valence-electron chi connectivity index (χ0n) is 6.81. The first-order valence-corrected chi connectivity index (χ1v) is 4.69. The molecule has 0 aliphatic heterocycles. The molecule has 0 unspecified atom stereocenters. The van der Waals surface area contributed by atoms with Gasteiger partial charge in [-0.05, 0) is 24.3 Å². The van der Waals surface area contributed by atoms with Crippen LogP contribution in [0.2, 0.25) is 0 Å². The van der Waals surface area contributed by atoms with Crippen LogP contribution in [-0.4, -0.2) is 10.2 Å². The van der Waals surface area contributed by atoms with Crippen LogP contribution in [0.4, 0.5) is 0 Å². The maximum Gasteiger partial charge on any atom is 0.0930 e. The fraction of sp³-hybridized carbons (Fsp3) is 0. The largest absolute Gasteiger partial charge is 0.159 e. The summed E-state index contributed by atoms with van der Waals surface area (Å²) < 4.78 is 1.05. The van der Waals surface area contributed by atoms with Gasteiger partial charge in [0.1, 0.15) is 0 Å². The lowest BCUT2D eigenvalue weighted by Gasteiger charge is -1.98. The SMILES string of the molecule is Brc1cccc(-c2cccnn2)c1. The number of aromatic nitrogens is 2. The van der Waals surface area contributed by atoms with Crippen LogP contribution in [0.1, 0.15) is 0 Å². The zero-order valence-corrected chi connectivity index (χ0v) is 8.40. The van der Waals surface area contributed by atoms with Crippen molar-refractivity contribution in [3.63, 3.8) is 0 Å². The lowest BCUT2D eigenvalue weighted by molar-refractivity contribution is 1.04. The second-order valence-electron chi connectivity index (χ2n) is 2.62. The molecule has 0 fully saturated rings. The normalized spacial score (nSPS) is 9.92. The topological polar surface area (TPSA) is 25.8 Å². The Balaban J connectivity index is 2.48. The minimum atomic E-state index is 0.892. The molecule has 2 aromatic rings. The third-order valence-corrected chi connectivity index (χ3v) is 2.19. The molecule has 13 heavy (non-hydrogen) atoms. The molecule has 2 rings (SSSR count). The number of halogens is 1. The maximum absolute atomic E-state index is 4.02. The molecule has 0 saturated carbocycles. The Morgan fingerprint density at radius 1 is 1.08 bits per heavy atom. The molecule has 0 aliphatic carbocycles. The molecule has 3 heteroatoms. The Morgan fingerprint density at radius 2 is 2.00 bits per heavy atom. The summed E-state index contributed by atoms with van der Waals surface area (Å²) in [6.45, 7) is 0. The van der Waals surface area contributed by atoms with E-state index in [9.17, 15) is 0 Å². The molecule has 0 aliphatic rings. The van der Waals surface area contributed by atoms with Crippen LogP contribution in [0.5, 0.6) is 0 Å². The van der Waals surface area contributed by atoms with Crippen molar-refractivity contribution in [2.45, 2.75) is 0 Å². The molecule has 1 aromatic carbocycles. The van der Waals surface area contributed by atoms with Crippen LogP contribution in [0.3, 0.4) is 0 Å². The molecule has 1 aromatic heterocycles. The van der Waals surface area contributed by atoms with Crippen molar-refractivity contribution in [3.05, 3.63) is 47.1 Å². The first-order valence-electron chi connectivity index (χ1n) is 3.90. The van der Waals surface area contributed by atoms with Gasteiger partial charge in [0.2, 0.25) is 0 Å². The third-order valence-electron chi connectivity index (χ3n) is 1.69. The minimum Gasteiger partial charge on any atom is -0.159 e. The summed E-state index contributed by atoms with van der Waals surface area (Å²) in [6.07, 6.45) is 1.67. The molecule has 2 nitrogen and oxygen atoms in total. The predicted molar refractivity (Wildman–Crippen MR) is 55.2 cm³/mol. The molecule has 0 saturated heterocycles. The fourth-order valence-corrected chi connectivity index (χ4v) is 1.50. The van der Waals surface area contributed by atoms with Crippen molar-refractivity contribution in [1.29, 1.82) is 0 Å². The van der Waals surface area contributed by atoms with Gasteiger partial charge in [-0.25, -0.2) is 0 Å². The average molecular weight is 235 g/mol. The van der Waals surface area contributed by atoms with E-state index in [1.165, 1.54) is 0 Å². The fourth-order valence-electron chi connectivity index (χ4n) is 1.10. The molecule has 0 spiro atoms. The quantitative estimate of drug-likeness (QED) is 0.759. The van der Waals surface area contributed by atoms with Gasteiger partial charge in [-0.1, -0.05) is 28.1 Å². The van der Waals surface area contributed by atoms with E-state index in [1.54, 1.807) is 6.20 Å². The molecule has 0 bridgehead atoms. The Kier molecular flexibility index (Phi) is 2.36. The summed E-state index contributed by atoms with van der Waals surface area (Å²) in [5.41, 5.74) is 1.96. The number of rotatable bonds is 1. The highest BCUT2D eigenvalue weighted by Crippen LogP contribution is 2.19. The molecule has 0 radical (unpaired) electrons. The highest BCUT2D eigenvalue weighted by atomic mass is 79.9. The van der Waals surface area contributed by atoms with Crippen molar-refractivity contribution < 1.29 is 0 Å². The van der Waals surface area contributed by atoms with Crippen molar-refractivity contribution >= 4 is 15.9 Å². The molecule has 0 N–H and O–H groups in total. The summed E-state index contributed by atoms with van der Waals surface area (Å²) in [7, 11) is 0. The Labute approximate surface area is 84.8 Å². The maximum atomic E-state index is 4.02. The van der Waals surface area contributed by atoms with E-state index in [1.807, 2.05) is 36.4 Å². The zero-order chi connectivity index (χ0) is 9.10. The summed E-state index contributed by atoms with van der Waals surface area (Å²) in [6, 6.07) is 11.8. The Morgan fingerprint density at radius 3 is 2.69 bits per heavy atom. The van der Waals surface area contributed by atoms with Crippen molar-refractivity contribution in [1.82, 2.24) is 10.2 Å². The second-order valence-corrected chi connectivity index (χ2v) is 3.53. The highest BCUT2D eigenvalue weighted by molar-refractivity contribution is 9.10. The molecule has 0 amide bonds. The van der Waals surface area contributed by atoms with E-state index in [2.05, 4.69) is 26.1 Å². The summed E-state index contributed by atoms with van der Waals surface area (Å²) in [5.74, 6) is 0. The van der Waals surface area contributed by atoms with Crippen molar-refractivity contribution in [2.24, 2.45) is 0 Å². The first-order chi connectivity index (χ1) is 6.36. The highest BCUT2D eigenvalue weighted by Gasteiger charge is 1.97. The average Bonchev–Trinajstić information content (AvgIpc) is 2.19. The second kappa shape index (κ2) is 3.66. The first kappa shape index (κ1) is 8.38. The molecule has 64 valence electrons. The van der Waals surface area contributed by atoms with Gasteiger partial charge in [0.15, 0.2) is 0 Å². The van der Waals surface area contributed by atoms with Crippen LogP contribution in [0.15, 0.2) is 47.1 Å². The van der Waals surface area contributed by atoms with Crippen molar-refractivity contribution in [3.8, 4) is 11.3 Å². The van der Waals surface area contributed by atoms with E-state index in [4.69, 9.17) is 0 Å². The lowest BCUT2D eigenvalue weighted by Crippen LogP contribution is -1.84. The van der Waals surface area contributed by atoms with Gasteiger partial charge in [0, 0.05) is 16.2 Å². The van der Waals surface area contributed by atoms with E-state index < -0.39 is 0 Å². The van der Waals surface area contributed by atoms with Gasteiger partial charge in [0.25, 0.3) is 0 Å². The number of nitrogens with zero attached hydrogens (tertiary/aromatic N) is 2. The summed E-state index contributed by atoms with van der Waals surface area (Å²) >= 11 is 3.41. The van der Waals surface area contributed by atoms with Crippen LogP contribution in [0, 0.1) is 0 Å². The molecular formula is C10H7BrN2. The van der Waals surface area contributed by atoms with Gasteiger partial charge in [-0.2, -0.15) is 10.2 Å². The van der Waals surface area contributed by atoms with Gasteiger partial charge >= 0.3 is 0 Å². The number of benzene rings is 1. The van der Waals surface area contributed by atoms with Crippen LogP contribution in [-0.2, 0) is 0 Å². The molecular weight excluding hydrogens is 228 g/mol. The van der Waals surface area contributed by atoms with Gasteiger partial charge in [0.05, 0.1) is 5.69 Å². The van der Waals surface area contributed by atoms with Gasteiger partial charge in [-0.15, -0.1) is 0 Å². The number of hydrogen-bond acceptors (Lipinski definition) is 2. The third kappa shape index (κ3) is 1.92. The summed E-state index contributed by atoms with van der Waals surface area (Å²) in [4.78, 5) is 0. The van der Waals surface area contributed by atoms with E-state index in [0.717, 1.165) is 15.7 Å². The standard InChI is InChI=1S/C10H7BrN2/c11-9-4-1-3-8(7-9)10-5-2-6-12-13-10/h1-7H. The Hall–Kier alpha value is -1.22. The van der Waals surface area contributed by atoms with Gasteiger partial charge in [-0.3, -0.25) is 0 Å². The number of hydrogen-bond donors (Lipinski definition) is 0. The van der Waals surface area contributed by atoms with Crippen LogP contribution < -0.4 is 0 Å². The van der Waals surface area contributed by atoms with Crippen LogP contribution in [0.25, 0.3) is 11.3 Å². The smallest absolute Gasteiger partial charge is 0.0930 e. The summed E-state index contributed by atoms with van der Waals surface area (Å²) in [5, 5.41) is 7.84. The van der Waals surface area contributed by atoms with E-state index >= 15 is 0 Å². The Bertz CT molecular complexity index is 401. The molecule has 1 heterocycles.